The van der Waals surface area contributed by atoms with Crippen molar-refractivity contribution in [3.63, 3.8) is 0 Å². The van der Waals surface area contributed by atoms with E-state index in [9.17, 15) is 13.6 Å². The Labute approximate surface area is 201 Å². The average Bonchev–Trinajstić information content (AvgIpc) is 3.66. The molecule has 1 unspecified atom stereocenters. The molecular weight excluding hydrogens is 456 g/mol. The summed E-state index contributed by atoms with van der Waals surface area (Å²) in [5, 5.41) is 11.0. The number of carbonyl (C=O) groups is 1. The van der Waals surface area contributed by atoms with Crippen LogP contribution in [0.2, 0.25) is 0 Å². The lowest BCUT2D eigenvalue weighted by atomic mass is 9.85. The molecule has 1 amide bonds. The van der Waals surface area contributed by atoms with Crippen molar-refractivity contribution in [2.75, 3.05) is 23.4 Å². The van der Waals surface area contributed by atoms with Crippen LogP contribution in [-0.2, 0) is 4.74 Å². The number of hydrogen-bond acceptors (Lipinski definition) is 6. The summed E-state index contributed by atoms with van der Waals surface area (Å²) in [5.74, 6) is 0.908. The van der Waals surface area contributed by atoms with Gasteiger partial charge in [-0.3, -0.25) is 9.48 Å². The Balaban J connectivity index is 1.24. The molecule has 0 radical (unpaired) electrons. The molecule has 2 atom stereocenters. The van der Waals surface area contributed by atoms with Crippen LogP contribution in [0.15, 0.2) is 24.7 Å². The van der Waals surface area contributed by atoms with Crippen LogP contribution >= 0.6 is 0 Å². The van der Waals surface area contributed by atoms with Gasteiger partial charge < -0.3 is 15.0 Å². The smallest absolute Gasteiger partial charge is 0.284 e. The molecule has 1 N–H and O–H groups in total. The summed E-state index contributed by atoms with van der Waals surface area (Å²) in [4.78, 5) is 20.1. The summed E-state index contributed by atoms with van der Waals surface area (Å²) in [7, 11) is 0. The molecule has 6 rings (SSSR count). The molecule has 3 aromatic rings. The van der Waals surface area contributed by atoms with E-state index in [4.69, 9.17) is 9.72 Å². The first kappa shape index (κ1) is 22.4. The van der Waals surface area contributed by atoms with Crippen LogP contribution in [0, 0.1) is 5.92 Å². The Bertz CT molecular complexity index is 1230. The minimum Gasteiger partial charge on any atom is -0.374 e. The predicted molar refractivity (Wildman–Crippen MR) is 125 cm³/mol. The lowest BCUT2D eigenvalue weighted by Crippen LogP contribution is -2.37. The molecule has 3 fully saturated rings. The van der Waals surface area contributed by atoms with Crippen LogP contribution in [0.25, 0.3) is 5.65 Å². The SMILES string of the molecule is CCC1CCC(n2cc(NC(=O)c3cnn4ccc(N5CC6C[C@@H]5CO6)nc34)c(C(F)F)n2)CC1. The van der Waals surface area contributed by atoms with E-state index in [0.717, 1.165) is 50.9 Å². The summed E-state index contributed by atoms with van der Waals surface area (Å²) in [5.41, 5.74) is 0.234. The van der Waals surface area contributed by atoms with Crippen LogP contribution in [0.5, 0.6) is 0 Å². The van der Waals surface area contributed by atoms with Crippen LogP contribution in [-0.4, -0.2) is 55.6 Å². The molecule has 0 spiro atoms. The van der Waals surface area contributed by atoms with Gasteiger partial charge in [-0.25, -0.2) is 18.3 Å². The van der Waals surface area contributed by atoms with E-state index in [1.54, 1.807) is 17.1 Å². The molecule has 186 valence electrons. The number of rotatable bonds is 6. The fraction of sp³-hybridized carbons (Fsp3) is 0.583. The van der Waals surface area contributed by atoms with E-state index < -0.39 is 18.0 Å². The molecule has 2 saturated heterocycles. The van der Waals surface area contributed by atoms with Gasteiger partial charge in [0.2, 0.25) is 0 Å². The van der Waals surface area contributed by atoms with Crippen LogP contribution in [0.1, 0.15) is 74.0 Å². The van der Waals surface area contributed by atoms with Gasteiger partial charge in [-0.15, -0.1) is 0 Å². The van der Waals surface area contributed by atoms with Gasteiger partial charge in [0.25, 0.3) is 12.3 Å². The van der Waals surface area contributed by atoms with Gasteiger partial charge in [0.15, 0.2) is 11.3 Å². The number of carbonyl (C=O) groups excluding carboxylic acids is 1. The molecule has 0 aromatic carbocycles. The standard InChI is InChI=1S/C24H29F2N7O2/c1-2-14-3-5-15(6-4-14)33-12-19(21(30-33)22(25)26)28-24(34)18-10-27-32-8-7-20(29-23(18)32)31-11-17-9-16(31)13-35-17/h7-8,10,12,14-17,22H,2-6,9,11,13H2,1H3,(H,28,34)/t14?,15?,16-,17?/m1/s1. The number of alkyl halides is 2. The summed E-state index contributed by atoms with van der Waals surface area (Å²) >= 11 is 0. The van der Waals surface area contributed by atoms with Crippen LogP contribution < -0.4 is 10.2 Å². The van der Waals surface area contributed by atoms with Crippen molar-refractivity contribution in [2.24, 2.45) is 5.92 Å². The Morgan fingerprint density at radius 1 is 1.26 bits per heavy atom. The number of ether oxygens (including phenoxy) is 1. The lowest BCUT2D eigenvalue weighted by Gasteiger charge is -2.27. The topological polar surface area (TPSA) is 89.6 Å². The summed E-state index contributed by atoms with van der Waals surface area (Å²) < 4.78 is 36.4. The van der Waals surface area contributed by atoms with Crippen molar-refractivity contribution in [1.82, 2.24) is 24.4 Å². The third-order valence-electron chi connectivity index (χ3n) is 7.78. The van der Waals surface area contributed by atoms with Gasteiger partial charge in [0.1, 0.15) is 11.4 Å². The first-order chi connectivity index (χ1) is 17.0. The van der Waals surface area contributed by atoms with Gasteiger partial charge in [0, 0.05) is 18.9 Å². The van der Waals surface area contributed by atoms with Crippen molar-refractivity contribution in [2.45, 2.75) is 70.1 Å². The molecule has 5 heterocycles. The summed E-state index contributed by atoms with van der Waals surface area (Å²) in [6.45, 7) is 3.62. The number of nitrogens with one attached hydrogen (secondary N) is 1. The monoisotopic (exact) mass is 485 g/mol. The summed E-state index contributed by atoms with van der Waals surface area (Å²) in [6, 6.07) is 2.22. The van der Waals surface area contributed by atoms with Gasteiger partial charge in [-0.2, -0.15) is 10.2 Å². The highest BCUT2D eigenvalue weighted by atomic mass is 19.3. The van der Waals surface area contributed by atoms with Gasteiger partial charge in [-0.05, 0) is 44.1 Å². The van der Waals surface area contributed by atoms with E-state index >= 15 is 0 Å². The Hall–Kier alpha value is -3.08. The second kappa shape index (κ2) is 8.85. The van der Waals surface area contributed by atoms with Gasteiger partial charge >= 0.3 is 0 Å². The van der Waals surface area contributed by atoms with E-state index in [0.29, 0.717) is 18.2 Å². The minimum atomic E-state index is -2.79. The first-order valence-electron chi connectivity index (χ1n) is 12.4. The Morgan fingerprint density at radius 3 is 2.77 bits per heavy atom. The third kappa shape index (κ3) is 4.05. The second-order valence-corrected chi connectivity index (χ2v) is 9.86. The van der Waals surface area contributed by atoms with E-state index in [-0.39, 0.29) is 29.4 Å². The zero-order valence-electron chi connectivity index (χ0n) is 19.6. The van der Waals surface area contributed by atoms with Crippen molar-refractivity contribution < 1.29 is 18.3 Å². The molecule has 2 aliphatic heterocycles. The number of halogens is 2. The number of morpholine rings is 1. The van der Waals surface area contributed by atoms with E-state index in [1.165, 1.54) is 10.7 Å². The quantitative estimate of drug-likeness (QED) is 0.562. The van der Waals surface area contributed by atoms with E-state index in [1.807, 2.05) is 6.07 Å². The maximum absolute atomic E-state index is 13.8. The van der Waals surface area contributed by atoms with Crippen LogP contribution in [0.3, 0.4) is 0 Å². The minimum absolute atomic E-state index is 0.0344. The van der Waals surface area contributed by atoms with Crippen LogP contribution in [0.4, 0.5) is 20.3 Å². The molecule has 2 bridgehead atoms. The number of nitrogens with zero attached hydrogens (tertiary/aromatic N) is 6. The maximum atomic E-state index is 13.8. The molecule has 3 aromatic heterocycles. The molecule has 3 aliphatic rings. The fourth-order valence-corrected chi connectivity index (χ4v) is 5.72. The van der Waals surface area contributed by atoms with Crippen molar-refractivity contribution in [1.29, 1.82) is 0 Å². The zero-order valence-corrected chi connectivity index (χ0v) is 19.6. The average molecular weight is 486 g/mol. The second-order valence-electron chi connectivity index (χ2n) is 9.86. The highest BCUT2D eigenvalue weighted by molar-refractivity contribution is 6.08. The Morgan fingerprint density at radius 2 is 2.09 bits per heavy atom. The molecule has 11 heteroatoms. The third-order valence-corrected chi connectivity index (χ3v) is 7.78. The van der Waals surface area contributed by atoms with Crippen molar-refractivity contribution in [3.8, 4) is 0 Å². The molecule has 1 saturated carbocycles. The maximum Gasteiger partial charge on any atom is 0.284 e. The number of anilines is 2. The Kier molecular flexibility index (Phi) is 5.66. The normalized spacial score (nSPS) is 26.2. The van der Waals surface area contributed by atoms with E-state index in [2.05, 4.69) is 27.3 Å². The summed E-state index contributed by atoms with van der Waals surface area (Å²) in [6.07, 6.45) is 8.18. The molecule has 1 aliphatic carbocycles. The highest BCUT2D eigenvalue weighted by Crippen LogP contribution is 2.36. The van der Waals surface area contributed by atoms with Gasteiger partial charge in [-0.1, -0.05) is 13.3 Å². The first-order valence-corrected chi connectivity index (χ1v) is 12.4. The molecule has 35 heavy (non-hydrogen) atoms. The zero-order chi connectivity index (χ0) is 24.1. The number of amides is 1. The molecular formula is C24H29F2N7O2. The number of aromatic nitrogens is 5. The predicted octanol–water partition coefficient (Wildman–Crippen LogP) is 4.23. The van der Waals surface area contributed by atoms with Crippen molar-refractivity contribution >= 4 is 23.1 Å². The lowest BCUT2D eigenvalue weighted by molar-refractivity contribution is 0.0988. The number of fused-ring (bicyclic) bond motifs is 3. The fourth-order valence-electron chi connectivity index (χ4n) is 5.72. The van der Waals surface area contributed by atoms with Gasteiger partial charge in [0.05, 0.1) is 36.7 Å². The largest absolute Gasteiger partial charge is 0.374 e. The number of hydrogen-bond donors (Lipinski definition) is 1. The van der Waals surface area contributed by atoms with Crippen molar-refractivity contribution in [3.05, 3.63) is 35.9 Å². The highest BCUT2D eigenvalue weighted by Gasteiger charge is 2.39. The molecule has 9 nitrogen and oxygen atoms in total.